The molecule has 0 aliphatic rings. The van der Waals surface area contributed by atoms with Gasteiger partial charge in [-0.05, 0) is 0 Å². The van der Waals surface area contributed by atoms with Crippen molar-refractivity contribution in [2.24, 2.45) is 5.73 Å². The standard InChI is InChI=1S/C5H8N2O5.C4H6O4.Na.H/c6-5(12)7-2(4(10)11)1-3(8)9;5-3(6)1-2-4(7)8;;/h2H,1H2,(H,8,9)(H,10,11)(H3,6,7,12);1-2H2,(H,5,6)(H,7,8);;. The van der Waals surface area contributed by atoms with E-state index in [0.29, 0.717) is 0 Å². The summed E-state index contributed by atoms with van der Waals surface area (Å²) in [7, 11) is 0. The third-order valence-corrected chi connectivity index (χ3v) is 1.55. The van der Waals surface area contributed by atoms with E-state index in [9.17, 15) is 24.0 Å². The Hall–Kier alpha value is -1.85. The molecule has 0 bridgehead atoms. The van der Waals surface area contributed by atoms with Crippen molar-refractivity contribution in [1.82, 2.24) is 5.32 Å². The molecule has 0 spiro atoms. The van der Waals surface area contributed by atoms with Gasteiger partial charge in [-0.15, -0.1) is 0 Å². The molecule has 0 rings (SSSR count). The molecule has 0 aromatic rings. The molecule has 12 heteroatoms. The zero-order chi connectivity index (χ0) is 16.3. The molecule has 0 saturated heterocycles. The van der Waals surface area contributed by atoms with Crippen LogP contribution in [0.25, 0.3) is 0 Å². The minimum atomic E-state index is -1.47. The molecule has 1 atom stereocenters. The summed E-state index contributed by atoms with van der Waals surface area (Å²) in [6.45, 7) is 0. The van der Waals surface area contributed by atoms with Gasteiger partial charge in [-0.25, -0.2) is 9.59 Å². The van der Waals surface area contributed by atoms with Gasteiger partial charge in [0.2, 0.25) is 0 Å². The van der Waals surface area contributed by atoms with Crippen molar-refractivity contribution in [3.05, 3.63) is 0 Å². The van der Waals surface area contributed by atoms with E-state index in [1.54, 1.807) is 5.32 Å². The Labute approximate surface area is 140 Å². The summed E-state index contributed by atoms with van der Waals surface area (Å²) >= 11 is 0. The van der Waals surface area contributed by atoms with Crippen molar-refractivity contribution in [3.63, 3.8) is 0 Å². The zero-order valence-corrected chi connectivity index (χ0v) is 10.1. The van der Waals surface area contributed by atoms with Gasteiger partial charge in [-0.2, -0.15) is 0 Å². The van der Waals surface area contributed by atoms with Gasteiger partial charge in [0, 0.05) is 0 Å². The van der Waals surface area contributed by atoms with E-state index in [1.165, 1.54) is 0 Å². The summed E-state index contributed by atoms with van der Waals surface area (Å²) in [5.74, 6) is -4.91. The Morgan fingerprint density at radius 3 is 1.43 bits per heavy atom. The molecule has 0 aromatic carbocycles. The summed E-state index contributed by atoms with van der Waals surface area (Å²) in [6.07, 6.45) is -1.29. The first-order valence-corrected chi connectivity index (χ1v) is 5.00. The number of hydrogen-bond donors (Lipinski definition) is 6. The number of amides is 2. The number of aliphatic carboxylic acids is 4. The van der Waals surface area contributed by atoms with Gasteiger partial charge in [0.25, 0.3) is 0 Å². The first-order chi connectivity index (χ1) is 9.06. The van der Waals surface area contributed by atoms with Crippen LogP contribution in [0.4, 0.5) is 4.79 Å². The number of urea groups is 1. The van der Waals surface area contributed by atoms with E-state index in [0.717, 1.165) is 0 Å². The molecule has 0 aliphatic carbocycles. The fourth-order valence-corrected chi connectivity index (χ4v) is 0.760. The maximum atomic E-state index is 10.2. The third kappa shape index (κ3) is 20.6. The van der Waals surface area contributed by atoms with Crippen LogP contribution < -0.4 is 11.1 Å². The van der Waals surface area contributed by atoms with Crippen LogP contribution in [0.2, 0.25) is 0 Å². The monoisotopic (exact) mass is 318 g/mol. The van der Waals surface area contributed by atoms with E-state index in [-0.39, 0.29) is 42.4 Å². The molecule has 0 aliphatic heterocycles. The number of hydrogen-bond acceptors (Lipinski definition) is 5. The second-order valence-corrected chi connectivity index (χ2v) is 3.28. The van der Waals surface area contributed by atoms with Crippen molar-refractivity contribution in [3.8, 4) is 0 Å². The number of nitrogens with two attached hydrogens (primary N) is 1. The van der Waals surface area contributed by atoms with E-state index in [4.69, 9.17) is 20.4 Å². The Morgan fingerprint density at radius 2 is 1.24 bits per heavy atom. The van der Waals surface area contributed by atoms with Crippen LogP contribution in [-0.4, -0.2) is 85.9 Å². The van der Waals surface area contributed by atoms with Gasteiger partial charge in [-0.1, -0.05) is 0 Å². The number of rotatable bonds is 7. The second kappa shape index (κ2) is 13.1. The van der Waals surface area contributed by atoms with E-state index in [1.807, 2.05) is 0 Å². The summed E-state index contributed by atoms with van der Waals surface area (Å²) in [5.41, 5.74) is 4.60. The average molecular weight is 318 g/mol. The second-order valence-electron chi connectivity index (χ2n) is 3.28. The topological polar surface area (TPSA) is 204 Å². The number of carbonyl (C=O) groups excluding carboxylic acids is 1. The van der Waals surface area contributed by atoms with Crippen molar-refractivity contribution < 1.29 is 44.4 Å². The molecule has 0 aromatic heterocycles. The molecule has 11 nitrogen and oxygen atoms in total. The van der Waals surface area contributed by atoms with Crippen molar-refractivity contribution in [2.75, 3.05) is 0 Å². The number of nitrogens with one attached hydrogen (secondary N) is 1. The van der Waals surface area contributed by atoms with Crippen molar-refractivity contribution in [2.45, 2.75) is 25.3 Å². The first kappa shape index (κ1) is 24.2. The number of primary amides is 1. The molecule has 2 amide bonds. The fraction of sp³-hybridized carbons (Fsp3) is 0.444. The van der Waals surface area contributed by atoms with Crippen LogP contribution >= 0.6 is 0 Å². The quantitative estimate of drug-likeness (QED) is 0.283. The summed E-state index contributed by atoms with van der Waals surface area (Å²) in [6, 6.07) is -2.54. The van der Waals surface area contributed by atoms with Crippen LogP contribution in [0, 0.1) is 0 Å². The van der Waals surface area contributed by atoms with Crippen molar-refractivity contribution in [1.29, 1.82) is 0 Å². The third-order valence-electron chi connectivity index (χ3n) is 1.55. The van der Waals surface area contributed by atoms with Crippen LogP contribution in [0.3, 0.4) is 0 Å². The summed E-state index contributed by atoms with van der Waals surface area (Å²) in [5, 5.41) is 34.1. The number of carboxylic acids is 4. The molecule has 116 valence electrons. The molecule has 0 saturated carbocycles. The van der Waals surface area contributed by atoms with Gasteiger partial charge in [0.05, 0.1) is 19.3 Å². The van der Waals surface area contributed by atoms with Gasteiger partial charge in [0.1, 0.15) is 6.04 Å². The van der Waals surface area contributed by atoms with Crippen LogP contribution in [0.15, 0.2) is 0 Å². The number of carboxylic acid groups (broad SMARTS) is 4. The predicted molar refractivity (Wildman–Crippen MR) is 68.1 cm³/mol. The maximum absolute atomic E-state index is 10.2. The minimum absolute atomic E-state index is 0. The Balaban J connectivity index is -0.000000317. The fourth-order valence-electron chi connectivity index (χ4n) is 0.760. The molecule has 1 unspecified atom stereocenters. The van der Waals surface area contributed by atoms with Gasteiger partial charge in [0.15, 0.2) is 0 Å². The molecule has 0 heterocycles. The van der Waals surface area contributed by atoms with Gasteiger partial charge < -0.3 is 31.5 Å². The van der Waals surface area contributed by atoms with E-state index < -0.39 is 42.4 Å². The molecule has 7 N–H and O–H groups in total. The van der Waals surface area contributed by atoms with Crippen LogP contribution in [0.1, 0.15) is 19.3 Å². The molecule has 0 radical (unpaired) electrons. The van der Waals surface area contributed by atoms with Gasteiger partial charge in [-0.3, -0.25) is 14.4 Å². The Bertz CT molecular complexity index is 369. The Kier molecular flexibility index (Phi) is 15.1. The van der Waals surface area contributed by atoms with E-state index >= 15 is 0 Å². The predicted octanol–water partition coefficient (Wildman–Crippen LogP) is -2.13. The Morgan fingerprint density at radius 1 is 0.857 bits per heavy atom. The zero-order valence-electron chi connectivity index (χ0n) is 10.1. The summed E-state index contributed by atoms with van der Waals surface area (Å²) in [4.78, 5) is 49.7. The molecule has 21 heavy (non-hydrogen) atoms. The van der Waals surface area contributed by atoms with Crippen LogP contribution in [0.5, 0.6) is 0 Å². The molecular formula is C9H15N2NaO9. The number of carbonyl (C=O) groups is 5. The SMILES string of the molecule is NC(=O)NC(CC(=O)O)C(=O)O.O=C(O)CCC(=O)O.[NaH]. The van der Waals surface area contributed by atoms with Crippen molar-refractivity contribution >= 4 is 59.5 Å². The van der Waals surface area contributed by atoms with Crippen LogP contribution in [-0.2, 0) is 19.2 Å². The first-order valence-electron chi connectivity index (χ1n) is 5.00. The molecular weight excluding hydrogens is 303 g/mol. The van der Waals surface area contributed by atoms with Gasteiger partial charge >= 0.3 is 59.5 Å². The summed E-state index contributed by atoms with van der Waals surface area (Å²) < 4.78 is 0. The normalized spacial score (nSPS) is 9.90. The molecule has 0 fully saturated rings. The average Bonchev–Trinajstić information content (AvgIpc) is 2.25. The van der Waals surface area contributed by atoms with E-state index in [2.05, 4.69) is 5.73 Å².